The number of carbonyl (C=O) groups is 2. The van der Waals surface area contributed by atoms with E-state index < -0.39 is 36.4 Å². The molecule has 6 heteroatoms. The van der Waals surface area contributed by atoms with Crippen molar-refractivity contribution in [3.05, 3.63) is 0 Å². The number of hydrogen-bond donors (Lipinski definition) is 1. The molecule has 1 heterocycles. The van der Waals surface area contributed by atoms with Gasteiger partial charge in [0.15, 0.2) is 0 Å². The molecule has 98 valence electrons. The molecule has 17 heavy (non-hydrogen) atoms. The van der Waals surface area contributed by atoms with Gasteiger partial charge in [0.25, 0.3) is 6.43 Å². The Morgan fingerprint density at radius 3 is 2.29 bits per heavy atom. The molecule has 0 radical (unpaired) electrons. The Balaban J connectivity index is 3.04. The molecule has 0 aromatic carbocycles. The number of piperazine rings is 1. The van der Waals surface area contributed by atoms with Crippen molar-refractivity contribution in [2.45, 2.75) is 46.2 Å². The highest BCUT2D eigenvalue weighted by Crippen LogP contribution is 2.28. The Hall–Kier alpha value is -1.20. The zero-order chi connectivity index (χ0) is 13.4. The molecule has 1 saturated heterocycles. The number of rotatable bonds is 2. The normalized spacial score (nSPS) is 26.4. The van der Waals surface area contributed by atoms with E-state index in [1.165, 1.54) is 6.92 Å². The van der Waals surface area contributed by atoms with Crippen LogP contribution >= 0.6 is 0 Å². The van der Waals surface area contributed by atoms with Gasteiger partial charge in [-0.15, -0.1) is 0 Å². The van der Waals surface area contributed by atoms with Crippen LogP contribution in [0.1, 0.15) is 27.7 Å². The fourth-order valence-electron chi connectivity index (χ4n) is 2.08. The lowest BCUT2D eigenvalue weighted by Crippen LogP contribution is -2.66. The number of hydrogen-bond acceptors (Lipinski definition) is 2. The first kappa shape index (κ1) is 13.9. The molecule has 1 rings (SSSR count). The summed E-state index contributed by atoms with van der Waals surface area (Å²) in [5.74, 6) is -0.824. The second kappa shape index (κ2) is 4.58. The van der Waals surface area contributed by atoms with Gasteiger partial charge < -0.3 is 10.2 Å². The van der Waals surface area contributed by atoms with Crippen LogP contribution in [0.3, 0.4) is 0 Å². The third kappa shape index (κ3) is 2.92. The van der Waals surface area contributed by atoms with Crippen LogP contribution < -0.4 is 5.32 Å². The van der Waals surface area contributed by atoms with E-state index >= 15 is 0 Å². The minimum Gasteiger partial charge on any atom is -0.343 e. The molecule has 2 atom stereocenters. The van der Waals surface area contributed by atoms with Crippen LogP contribution in [0.25, 0.3) is 0 Å². The molecular weight excluding hydrogens is 230 g/mol. The fourth-order valence-corrected chi connectivity index (χ4v) is 2.08. The lowest BCUT2D eigenvalue weighted by atomic mass is 9.83. The van der Waals surface area contributed by atoms with Crippen molar-refractivity contribution in [3.8, 4) is 0 Å². The van der Waals surface area contributed by atoms with Crippen molar-refractivity contribution in [2.75, 3.05) is 6.54 Å². The maximum absolute atomic E-state index is 12.5. The number of nitrogens with one attached hydrogen (secondary N) is 1. The van der Waals surface area contributed by atoms with Crippen molar-refractivity contribution < 1.29 is 18.4 Å². The maximum atomic E-state index is 12.5. The van der Waals surface area contributed by atoms with Gasteiger partial charge in [-0.05, 0) is 12.3 Å². The van der Waals surface area contributed by atoms with Crippen molar-refractivity contribution in [1.82, 2.24) is 10.2 Å². The van der Waals surface area contributed by atoms with Crippen LogP contribution in [0.4, 0.5) is 8.78 Å². The predicted molar refractivity (Wildman–Crippen MR) is 58.6 cm³/mol. The molecule has 2 amide bonds. The third-order valence-electron chi connectivity index (χ3n) is 2.73. The molecule has 0 aliphatic carbocycles. The second-order valence-corrected chi connectivity index (χ2v) is 5.38. The average Bonchev–Trinajstić information content (AvgIpc) is 2.10. The standard InChI is InChI=1S/C11H18F2N2O2/c1-6-10(17)15(5-7(12)13)8(9(16)14-6)11(2,3)4/h6-8H,5H2,1-4H3,(H,14,16). The molecule has 0 spiro atoms. The molecule has 0 aromatic heterocycles. The van der Waals surface area contributed by atoms with E-state index in [4.69, 9.17) is 0 Å². The van der Waals surface area contributed by atoms with Gasteiger partial charge in [-0.3, -0.25) is 9.59 Å². The number of amides is 2. The highest BCUT2D eigenvalue weighted by Gasteiger charge is 2.45. The SMILES string of the molecule is CC1NC(=O)C(C(C)(C)C)N(CC(F)F)C1=O. The van der Waals surface area contributed by atoms with Crippen molar-refractivity contribution in [3.63, 3.8) is 0 Å². The molecular formula is C11H18F2N2O2. The van der Waals surface area contributed by atoms with Gasteiger partial charge in [-0.1, -0.05) is 20.8 Å². The quantitative estimate of drug-likeness (QED) is 0.793. The number of carbonyl (C=O) groups excluding carboxylic acids is 2. The monoisotopic (exact) mass is 248 g/mol. The first-order valence-corrected chi connectivity index (χ1v) is 5.53. The Labute approximate surface area is 99.3 Å². The second-order valence-electron chi connectivity index (χ2n) is 5.38. The average molecular weight is 248 g/mol. The Kier molecular flexibility index (Phi) is 3.74. The zero-order valence-corrected chi connectivity index (χ0v) is 10.5. The Bertz CT molecular complexity index is 326. The van der Waals surface area contributed by atoms with Crippen molar-refractivity contribution >= 4 is 11.8 Å². The summed E-state index contributed by atoms with van der Waals surface area (Å²) in [6.07, 6.45) is -2.64. The number of alkyl halides is 2. The van der Waals surface area contributed by atoms with Crippen LogP contribution in [-0.4, -0.2) is 41.8 Å². The summed E-state index contributed by atoms with van der Waals surface area (Å²) < 4.78 is 25.0. The predicted octanol–water partition coefficient (Wildman–Crippen LogP) is 1.01. The van der Waals surface area contributed by atoms with E-state index in [9.17, 15) is 18.4 Å². The van der Waals surface area contributed by atoms with Crippen LogP contribution in [-0.2, 0) is 9.59 Å². The van der Waals surface area contributed by atoms with E-state index in [0.29, 0.717) is 0 Å². The molecule has 0 bridgehead atoms. The summed E-state index contributed by atoms with van der Waals surface area (Å²) in [7, 11) is 0. The van der Waals surface area contributed by atoms with E-state index in [1.54, 1.807) is 20.8 Å². The van der Waals surface area contributed by atoms with Gasteiger partial charge in [0.1, 0.15) is 12.1 Å². The highest BCUT2D eigenvalue weighted by atomic mass is 19.3. The molecule has 1 aliphatic rings. The minimum absolute atomic E-state index is 0.370. The minimum atomic E-state index is -2.64. The molecule has 4 nitrogen and oxygen atoms in total. The van der Waals surface area contributed by atoms with Crippen molar-refractivity contribution in [1.29, 1.82) is 0 Å². The van der Waals surface area contributed by atoms with E-state index in [1.807, 2.05) is 0 Å². The first-order chi connectivity index (χ1) is 7.64. The summed E-state index contributed by atoms with van der Waals surface area (Å²) >= 11 is 0. The van der Waals surface area contributed by atoms with Crippen LogP contribution in [0.15, 0.2) is 0 Å². The van der Waals surface area contributed by atoms with E-state index in [-0.39, 0.29) is 5.91 Å². The Morgan fingerprint density at radius 2 is 1.88 bits per heavy atom. The Morgan fingerprint density at radius 1 is 1.35 bits per heavy atom. The molecule has 1 fully saturated rings. The van der Waals surface area contributed by atoms with Crippen LogP contribution in [0, 0.1) is 5.41 Å². The smallest absolute Gasteiger partial charge is 0.255 e. The molecule has 2 unspecified atom stereocenters. The topological polar surface area (TPSA) is 49.4 Å². The van der Waals surface area contributed by atoms with Gasteiger partial charge in [-0.25, -0.2) is 8.78 Å². The molecule has 0 aromatic rings. The fraction of sp³-hybridized carbons (Fsp3) is 0.818. The lowest BCUT2D eigenvalue weighted by Gasteiger charge is -2.43. The van der Waals surface area contributed by atoms with Crippen LogP contribution in [0.5, 0.6) is 0 Å². The van der Waals surface area contributed by atoms with Crippen LogP contribution in [0.2, 0.25) is 0 Å². The molecule has 1 aliphatic heterocycles. The molecule has 0 saturated carbocycles. The number of halogens is 2. The zero-order valence-electron chi connectivity index (χ0n) is 10.5. The largest absolute Gasteiger partial charge is 0.343 e. The maximum Gasteiger partial charge on any atom is 0.255 e. The highest BCUT2D eigenvalue weighted by molar-refractivity contribution is 5.97. The first-order valence-electron chi connectivity index (χ1n) is 5.53. The van der Waals surface area contributed by atoms with Gasteiger partial charge >= 0.3 is 0 Å². The van der Waals surface area contributed by atoms with Crippen molar-refractivity contribution in [2.24, 2.45) is 5.41 Å². The van der Waals surface area contributed by atoms with E-state index in [0.717, 1.165) is 4.90 Å². The van der Waals surface area contributed by atoms with Gasteiger partial charge in [0.2, 0.25) is 11.8 Å². The number of nitrogens with zero attached hydrogens (tertiary/aromatic N) is 1. The van der Waals surface area contributed by atoms with Gasteiger partial charge in [0.05, 0.1) is 6.54 Å². The van der Waals surface area contributed by atoms with Gasteiger partial charge in [0, 0.05) is 0 Å². The summed E-state index contributed by atoms with van der Waals surface area (Å²) in [5.41, 5.74) is -0.575. The third-order valence-corrected chi connectivity index (χ3v) is 2.73. The summed E-state index contributed by atoms with van der Waals surface area (Å²) in [6, 6.07) is -1.58. The summed E-state index contributed by atoms with van der Waals surface area (Å²) in [6.45, 7) is 6.05. The van der Waals surface area contributed by atoms with Gasteiger partial charge in [-0.2, -0.15) is 0 Å². The molecule has 1 N–H and O–H groups in total. The summed E-state index contributed by atoms with van der Waals surface area (Å²) in [5, 5.41) is 2.51. The summed E-state index contributed by atoms with van der Waals surface area (Å²) in [4.78, 5) is 24.7. The van der Waals surface area contributed by atoms with E-state index in [2.05, 4.69) is 5.32 Å². The lowest BCUT2D eigenvalue weighted by molar-refractivity contribution is -0.155.